The third-order valence-corrected chi connectivity index (χ3v) is 4.32. The van der Waals surface area contributed by atoms with Crippen LogP contribution >= 0.6 is 11.6 Å². The number of benzene rings is 1. The zero-order chi connectivity index (χ0) is 13.2. The van der Waals surface area contributed by atoms with E-state index in [-0.39, 0.29) is 6.10 Å². The molecule has 2 N–H and O–H groups in total. The van der Waals surface area contributed by atoms with Crippen LogP contribution in [0.2, 0.25) is 5.02 Å². The van der Waals surface area contributed by atoms with Gasteiger partial charge in [0.15, 0.2) is 5.90 Å². The van der Waals surface area contributed by atoms with E-state index in [4.69, 9.17) is 27.1 Å². The second-order valence-electron chi connectivity index (χ2n) is 5.46. The fourth-order valence-corrected chi connectivity index (χ4v) is 3.06. The number of halogens is 1. The molecule has 102 valence electrons. The monoisotopic (exact) mass is 278 g/mol. The summed E-state index contributed by atoms with van der Waals surface area (Å²) in [5.74, 6) is 1.47. The van der Waals surface area contributed by atoms with Gasteiger partial charge in [-0.15, -0.1) is 0 Å². The van der Waals surface area contributed by atoms with Gasteiger partial charge in [-0.25, -0.2) is 4.99 Å². The topological polar surface area (TPSA) is 47.6 Å². The number of hydrogen-bond acceptors (Lipinski definition) is 3. The molecule has 1 aromatic carbocycles. The van der Waals surface area contributed by atoms with Crippen LogP contribution in [0.3, 0.4) is 0 Å². The highest BCUT2D eigenvalue weighted by atomic mass is 35.5. The summed E-state index contributed by atoms with van der Waals surface area (Å²) in [6, 6.07) is 8.22. The van der Waals surface area contributed by atoms with Gasteiger partial charge in [0.1, 0.15) is 6.10 Å². The van der Waals surface area contributed by atoms with E-state index in [0.29, 0.717) is 12.0 Å². The Morgan fingerprint density at radius 2 is 2.05 bits per heavy atom. The molecule has 3 unspecified atom stereocenters. The van der Waals surface area contributed by atoms with Gasteiger partial charge >= 0.3 is 0 Å². The van der Waals surface area contributed by atoms with Crippen molar-refractivity contribution < 1.29 is 4.74 Å². The quantitative estimate of drug-likeness (QED) is 0.924. The fraction of sp³-hybridized carbons (Fsp3) is 0.533. The molecule has 3 nitrogen and oxygen atoms in total. The van der Waals surface area contributed by atoms with Gasteiger partial charge in [-0.3, -0.25) is 0 Å². The molecule has 1 heterocycles. The fourth-order valence-electron chi connectivity index (χ4n) is 2.94. The minimum atomic E-state index is 0.254. The number of hydrogen-bond donors (Lipinski definition) is 1. The molecule has 0 radical (unpaired) electrons. The first kappa shape index (κ1) is 12.9. The van der Waals surface area contributed by atoms with Crippen molar-refractivity contribution in [3.05, 3.63) is 34.9 Å². The van der Waals surface area contributed by atoms with Gasteiger partial charge in [-0.1, -0.05) is 23.7 Å². The van der Waals surface area contributed by atoms with Crippen LogP contribution < -0.4 is 5.73 Å². The molecule has 3 atom stereocenters. The molecule has 0 aromatic heterocycles. The Bertz CT molecular complexity index is 472. The number of fused-ring (bicyclic) bond motifs is 1. The Hall–Kier alpha value is -1.06. The lowest BCUT2D eigenvalue weighted by atomic mass is 9.84. The third-order valence-electron chi connectivity index (χ3n) is 4.06. The maximum atomic E-state index is 5.99. The van der Waals surface area contributed by atoms with E-state index in [9.17, 15) is 0 Å². The minimum Gasteiger partial charge on any atom is -0.475 e. The van der Waals surface area contributed by atoms with Crippen LogP contribution in [0, 0.1) is 5.92 Å². The number of nitrogens with two attached hydrogens (primary N) is 1. The smallest absolute Gasteiger partial charge is 0.188 e. The van der Waals surface area contributed by atoms with Gasteiger partial charge < -0.3 is 10.5 Å². The molecular weight excluding hydrogens is 260 g/mol. The Balaban J connectivity index is 1.63. The summed E-state index contributed by atoms with van der Waals surface area (Å²) in [4.78, 5) is 4.72. The lowest BCUT2D eigenvalue weighted by Gasteiger charge is -2.28. The molecular formula is C15H19ClN2O. The summed E-state index contributed by atoms with van der Waals surface area (Å²) in [5, 5.41) is 0.762. The van der Waals surface area contributed by atoms with Crippen molar-refractivity contribution in [2.75, 3.05) is 6.54 Å². The standard InChI is InChI=1S/C15H19ClN2O/c16-12-4-1-10(2-5-12)8-15-18-13-6-3-11(9-17)7-14(13)19-15/h1-2,4-5,11,13-14H,3,6-9,17H2. The van der Waals surface area contributed by atoms with Crippen molar-refractivity contribution in [1.29, 1.82) is 0 Å². The highest BCUT2D eigenvalue weighted by molar-refractivity contribution is 6.30. The molecule has 1 saturated carbocycles. The highest BCUT2D eigenvalue weighted by Crippen LogP contribution is 2.32. The number of ether oxygens (including phenoxy) is 1. The minimum absolute atomic E-state index is 0.254. The molecule has 0 saturated heterocycles. The first-order chi connectivity index (χ1) is 9.24. The van der Waals surface area contributed by atoms with E-state index in [2.05, 4.69) is 0 Å². The molecule has 1 aromatic rings. The third kappa shape index (κ3) is 2.93. The molecule has 4 heteroatoms. The van der Waals surface area contributed by atoms with Gasteiger partial charge in [0.25, 0.3) is 0 Å². The first-order valence-electron chi connectivity index (χ1n) is 6.92. The van der Waals surface area contributed by atoms with Crippen LogP contribution in [0.4, 0.5) is 0 Å². The second-order valence-corrected chi connectivity index (χ2v) is 5.90. The van der Waals surface area contributed by atoms with Crippen molar-refractivity contribution in [3.63, 3.8) is 0 Å². The molecule has 1 aliphatic carbocycles. The van der Waals surface area contributed by atoms with Crippen LogP contribution in [0.5, 0.6) is 0 Å². The summed E-state index contributed by atoms with van der Waals surface area (Å²) in [6.45, 7) is 0.763. The number of rotatable bonds is 3. The Morgan fingerprint density at radius 3 is 2.79 bits per heavy atom. The maximum Gasteiger partial charge on any atom is 0.188 e. The Kier molecular flexibility index (Phi) is 3.76. The van der Waals surface area contributed by atoms with E-state index >= 15 is 0 Å². The predicted octanol–water partition coefficient (Wildman–Crippen LogP) is 2.81. The van der Waals surface area contributed by atoms with Gasteiger partial charge in [-0.05, 0) is 49.4 Å². The van der Waals surface area contributed by atoms with Crippen molar-refractivity contribution in [3.8, 4) is 0 Å². The van der Waals surface area contributed by atoms with Crippen LogP contribution in [0.1, 0.15) is 24.8 Å². The summed E-state index contributed by atoms with van der Waals surface area (Å²) in [5.41, 5.74) is 6.94. The highest BCUT2D eigenvalue weighted by Gasteiger charge is 2.36. The van der Waals surface area contributed by atoms with Crippen molar-refractivity contribution in [2.24, 2.45) is 16.6 Å². The zero-order valence-electron chi connectivity index (χ0n) is 10.9. The van der Waals surface area contributed by atoms with E-state index in [1.807, 2.05) is 24.3 Å². The molecule has 0 amide bonds. The van der Waals surface area contributed by atoms with Crippen LogP contribution in [-0.2, 0) is 11.2 Å². The van der Waals surface area contributed by atoms with Crippen LogP contribution in [0.15, 0.2) is 29.3 Å². The number of nitrogens with zero attached hydrogens (tertiary/aromatic N) is 1. The van der Waals surface area contributed by atoms with Crippen LogP contribution in [-0.4, -0.2) is 24.6 Å². The van der Waals surface area contributed by atoms with E-state index in [1.54, 1.807) is 0 Å². The van der Waals surface area contributed by atoms with E-state index in [1.165, 1.54) is 12.0 Å². The van der Waals surface area contributed by atoms with Gasteiger partial charge in [0.2, 0.25) is 0 Å². The van der Waals surface area contributed by atoms with Gasteiger partial charge in [0, 0.05) is 11.4 Å². The first-order valence-corrected chi connectivity index (χ1v) is 7.30. The lowest BCUT2D eigenvalue weighted by Crippen LogP contribution is -2.34. The van der Waals surface area contributed by atoms with Gasteiger partial charge in [0.05, 0.1) is 6.04 Å². The summed E-state index contributed by atoms with van der Waals surface area (Å²) >= 11 is 5.89. The van der Waals surface area contributed by atoms with Gasteiger partial charge in [-0.2, -0.15) is 0 Å². The summed E-state index contributed by atoms with van der Waals surface area (Å²) in [6.07, 6.45) is 4.35. The molecule has 2 aliphatic rings. The normalized spacial score (nSPS) is 29.6. The molecule has 3 rings (SSSR count). The zero-order valence-corrected chi connectivity index (χ0v) is 11.6. The number of aliphatic imine (C=N–C) groups is 1. The molecule has 19 heavy (non-hydrogen) atoms. The summed E-state index contributed by atoms with van der Waals surface area (Å²) < 4.78 is 5.99. The Morgan fingerprint density at radius 1 is 1.26 bits per heavy atom. The van der Waals surface area contributed by atoms with Crippen molar-refractivity contribution in [1.82, 2.24) is 0 Å². The van der Waals surface area contributed by atoms with E-state index in [0.717, 1.165) is 36.7 Å². The van der Waals surface area contributed by atoms with Crippen molar-refractivity contribution >= 4 is 17.5 Å². The molecule has 0 bridgehead atoms. The SMILES string of the molecule is NCC1CCC2N=C(Cc3ccc(Cl)cc3)OC2C1. The van der Waals surface area contributed by atoms with Crippen LogP contribution in [0.25, 0.3) is 0 Å². The molecule has 1 fully saturated rings. The Labute approximate surface area is 118 Å². The van der Waals surface area contributed by atoms with Crippen molar-refractivity contribution in [2.45, 2.75) is 37.8 Å². The largest absolute Gasteiger partial charge is 0.475 e. The summed E-state index contributed by atoms with van der Waals surface area (Å²) in [7, 11) is 0. The molecule has 0 spiro atoms. The average Bonchev–Trinajstić information content (AvgIpc) is 2.82. The molecule has 1 aliphatic heterocycles. The lowest BCUT2D eigenvalue weighted by molar-refractivity contribution is 0.121. The average molecular weight is 279 g/mol. The second kappa shape index (κ2) is 5.51. The predicted molar refractivity (Wildman–Crippen MR) is 77.6 cm³/mol. The van der Waals surface area contributed by atoms with E-state index < -0.39 is 0 Å². The maximum absolute atomic E-state index is 5.99.